The van der Waals surface area contributed by atoms with Crippen molar-refractivity contribution in [1.29, 1.82) is 0 Å². The quantitative estimate of drug-likeness (QED) is 0.893. The molecule has 1 aliphatic rings. The molecule has 1 N–H and O–H groups in total. The zero-order valence-corrected chi connectivity index (χ0v) is 15.3. The van der Waals surface area contributed by atoms with Crippen LogP contribution in [0.15, 0.2) is 20.8 Å². The van der Waals surface area contributed by atoms with Crippen LogP contribution in [0.3, 0.4) is 0 Å². The maximum Gasteiger partial charge on any atom is 0.340 e. The largest absolute Gasteiger partial charge is 0.478 e. The fourth-order valence-electron chi connectivity index (χ4n) is 3.42. The summed E-state index contributed by atoms with van der Waals surface area (Å²) in [5.41, 5.74) is 0.755. The van der Waals surface area contributed by atoms with Crippen molar-refractivity contribution in [3.63, 3.8) is 0 Å². The molecule has 8 heteroatoms. The molecule has 0 fully saturated rings. The summed E-state index contributed by atoms with van der Waals surface area (Å²) in [4.78, 5) is 12.5. The molecule has 3 rings (SSSR count). The average Bonchev–Trinajstić information content (AvgIpc) is 3.09. The van der Waals surface area contributed by atoms with Crippen LogP contribution < -0.4 is 0 Å². The summed E-state index contributed by atoms with van der Waals surface area (Å²) in [5.74, 6) is -1.06. The number of carbonyl (C=O) groups is 1. The van der Waals surface area contributed by atoms with Crippen LogP contribution in [0, 0.1) is 13.8 Å². The van der Waals surface area contributed by atoms with Crippen molar-refractivity contribution in [2.24, 2.45) is 0 Å². The molecule has 0 amide bonds. The van der Waals surface area contributed by atoms with Crippen LogP contribution in [0.1, 0.15) is 51.7 Å². The number of hydrogen-bond donors (Lipinski definition) is 1. The molecule has 0 saturated heterocycles. The zero-order chi connectivity index (χ0) is 17.6. The van der Waals surface area contributed by atoms with Gasteiger partial charge in [-0.2, -0.15) is 4.31 Å². The maximum atomic E-state index is 13.3. The van der Waals surface area contributed by atoms with E-state index < -0.39 is 16.0 Å². The Balaban J connectivity index is 2.14. The van der Waals surface area contributed by atoms with Crippen molar-refractivity contribution in [3.8, 4) is 0 Å². The highest BCUT2D eigenvalue weighted by atomic mass is 32.2. The Morgan fingerprint density at radius 2 is 2.12 bits per heavy atom. The number of thiophene rings is 1. The van der Waals surface area contributed by atoms with Gasteiger partial charge in [0.05, 0.1) is 6.04 Å². The van der Waals surface area contributed by atoms with Crippen LogP contribution in [0.2, 0.25) is 0 Å². The van der Waals surface area contributed by atoms with Crippen LogP contribution in [0.4, 0.5) is 0 Å². The fourth-order valence-corrected chi connectivity index (χ4v) is 6.41. The van der Waals surface area contributed by atoms with Crippen LogP contribution in [-0.2, 0) is 16.4 Å². The highest BCUT2D eigenvalue weighted by Crippen LogP contribution is 2.40. The lowest BCUT2D eigenvalue weighted by molar-refractivity contribution is 0.0691. The molecule has 1 unspecified atom stereocenters. The van der Waals surface area contributed by atoms with Gasteiger partial charge in [0.1, 0.15) is 22.0 Å². The number of sulfonamides is 1. The first kappa shape index (κ1) is 17.2. The van der Waals surface area contributed by atoms with E-state index in [1.807, 2.05) is 18.4 Å². The van der Waals surface area contributed by atoms with Crippen LogP contribution >= 0.6 is 11.3 Å². The van der Waals surface area contributed by atoms with E-state index in [-0.39, 0.29) is 28.0 Å². The lowest BCUT2D eigenvalue weighted by Gasteiger charge is -2.34. The molecule has 1 atom stereocenters. The Morgan fingerprint density at radius 1 is 1.42 bits per heavy atom. The summed E-state index contributed by atoms with van der Waals surface area (Å²) in [7, 11) is -3.97. The lowest BCUT2D eigenvalue weighted by Crippen LogP contribution is -2.39. The van der Waals surface area contributed by atoms with E-state index in [1.54, 1.807) is 11.3 Å². The van der Waals surface area contributed by atoms with Crippen molar-refractivity contribution >= 4 is 27.3 Å². The standard InChI is InChI=1S/C16H19NO5S2/c1-4-12-11-6-8-23-13(11)5-7-17(12)24(20,21)15-10(3)22-9(2)14(15)16(18)19/h6,8,12H,4-5,7H2,1-3H3,(H,18,19). The first-order chi connectivity index (χ1) is 11.3. The fraction of sp³-hybridized carbons (Fsp3) is 0.438. The Morgan fingerprint density at radius 3 is 2.75 bits per heavy atom. The Bertz CT molecular complexity index is 894. The van der Waals surface area contributed by atoms with Crippen LogP contribution in [-0.4, -0.2) is 30.3 Å². The van der Waals surface area contributed by atoms with Gasteiger partial charge in [-0.1, -0.05) is 6.92 Å². The van der Waals surface area contributed by atoms with Gasteiger partial charge in [0, 0.05) is 11.4 Å². The zero-order valence-electron chi connectivity index (χ0n) is 13.7. The van der Waals surface area contributed by atoms with Crippen molar-refractivity contribution in [2.45, 2.75) is 44.6 Å². The van der Waals surface area contributed by atoms with Crippen molar-refractivity contribution < 1.29 is 22.7 Å². The third kappa shape index (κ3) is 2.49. The summed E-state index contributed by atoms with van der Waals surface area (Å²) in [6.45, 7) is 5.25. The molecule has 0 aliphatic carbocycles. The summed E-state index contributed by atoms with van der Waals surface area (Å²) >= 11 is 1.63. The average molecular weight is 369 g/mol. The molecule has 0 radical (unpaired) electrons. The summed E-state index contributed by atoms with van der Waals surface area (Å²) in [6, 6.07) is 1.68. The molecule has 2 aromatic heterocycles. The van der Waals surface area contributed by atoms with Gasteiger partial charge in [0.2, 0.25) is 10.0 Å². The molecule has 0 bridgehead atoms. The van der Waals surface area contributed by atoms with E-state index >= 15 is 0 Å². The van der Waals surface area contributed by atoms with Gasteiger partial charge in [-0.25, -0.2) is 13.2 Å². The molecule has 1 aliphatic heterocycles. The number of fused-ring (bicyclic) bond motifs is 1. The monoisotopic (exact) mass is 369 g/mol. The molecule has 0 saturated carbocycles. The van der Waals surface area contributed by atoms with Crippen LogP contribution in [0.5, 0.6) is 0 Å². The minimum absolute atomic E-state index is 0.111. The normalized spacial score (nSPS) is 18.5. The highest BCUT2D eigenvalue weighted by molar-refractivity contribution is 7.89. The highest BCUT2D eigenvalue weighted by Gasteiger charge is 2.40. The molecule has 3 heterocycles. The van der Waals surface area contributed by atoms with Crippen LogP contribution in [0.25, 0.3) is 0 Å². The number of aryl methyl sites for hydroxylation is 2. The molecule has 2 aromatic rings. The minimum atomic E-state index is -3.97. The maximum absolute atomic E-state index is 13.3. The third-order valence-corrected chi connectivity index (χ3v) is 7.48. The van der Waals surface area contributed by atoms with E-state index in [2.05, 4.69) is 0 Å². The SMILES string of the molecule is CCC1c2ccsc2CCN1S(=O)(=O)c1c(C)oc(C)c1C(=O)O. The van der Waals surface area contributed by atoms with E-state index in [9.17, 15) is 18.3 Å². The number of carboxylic acid groups (broad SMARTS) is 1. The van der Waals surface area contributed by atoms with Gasteiger partial charge >= 0.3 is 5.97 Å². The molecular formula is C16H19NO5S2. The Labute approximate surface area is 144 Å². The third-order valence-electron chi connectivity index (χ3n) is 4.42. The first-order valence-electron chi connectivity index (χ1n) is 7.70. The second kappa shape index (κ2) is 6.02. The molecule has 6 nitrogen and oxygen atoms in total. The van der Waals surface area contributed by atoms with E-state index in [4.69, 9.17) is 4.42 Å². The molecule has 0 aromatic carbocycles. The van der Waals surface area contributed by atoms with Crippen molar-refractivity contribution in [3.05, 3.63) is 39.0 Å². The van der Waals surface area contributed by atoms with Gasteiger partial charge in [0.25, 0.3) is 0 Å². The van der Waals surface area contributed by atoms with Gasteiger partial charge < -0.3 is 9.52 Å². The second-order valence-corrected chi connectivity index (χ2v) is 8.64. The van der Waals surface area contributed by atoms with Crippen molar-refractivity contribution in [1.82, 2.24) is 4.31 Å². The van der Waals surface area contributed by atoms with E-state index in [1.165, 1.54) is 23.0 Å². The number of furan rings is 1. The first-order valence-corrected chi connectivity index (χ1v) is 10.0. The topological polar surface area (TPSA) is 87.8 Å². The Kier molecular flexibility index (Phi) is 4.31. The molecule has 0 spiro atoms. The smallest absolute Gasteiger partial charge is 0.340 e. The number of carboxylic acids is 1. The second-order valence-electron chi connectivity index (χ2n) is 5.81. The Hall–Kier alpha value is -1.64. The van der Waals surface area contributed by atoms with Crippen molar-refractivity contribution in [2.75, 3.05) is 6.54 Å². The molecule has 24 heavy (non-hydrogen) atoms. The summed E-state index contributed by atoms with van der Waals surface area (Å²) in [5, 5.41) is 11.4. The summed E-state index contributed by atoms with van der Waals surface area (Å²) < 4.78 is 33.3. The molecule has 130 valence electrons. The van der Waals surface area contributed by atoms with Gasteiger partial charge in [-0.15, -0.1) is 11.3 Å². The minimum Gasteiger partial charge on any atom is -0.478 e. The predicted octanol–water partition coefficient (Wildman–Crippen LogP) is 3.35. The van der Waals surface area contributed by atoms with Gasteiger partial charge in [-0.3, -0.25) is 0 Å². The van der Waals surface area contributed by atoms with E-state index in [0.29, 0.717) is 19.4 Å². The predicted molar refractivity (Wildman–Crippen MR) is 90.1 cm³/mol. The number of aromatic carboxylic acids is 1. The van der Waals surface area contributed by atoms with Gasteiger partial charge in [-0.05, 0) is 43.7 Å². The van der Waals surface area contributed by atoms with Gasteiger partial charge in [0.15, 0.2) is 0 Å². The number of rotatable bonds is 4. The van der Waals surface area contributed by atoms with E-state index in [0.717, 1.165) is 5.56 Å². The summed E-state index contributed by atoms with van der Waals surface area (Å²) in [6.07, 6.45) is 1.27. The lowest BCUT2D eigenvalue weighted by atomic mass is 10.0. The number of nitrogens with zero attached hydrogens (tertiary/aromatic N) is 1. The molecular weight excluding hydrogens is 350 g/mol. The number of hydrogen-bond acceptors (Lipinski definition) is 5.